The highest BCUT2D eigenvalue weighted by molar-refractivity contribution is 6.46. The van der Waals surface area contributed by atoms with Crippen LogP contribution in [0, 0.1) is 17.0 Å². The highest BCUT2D eigenvalue weighted by Crippen LogP contribution is 2.40. The third kappa shape index (κ3) is 4.45. The van der Waals surface area contributed by atoms with Gasteiger partial charge in [0.15, 0.2) is 0 Å². The van der Waals surface area contributed by atoms with Gasteiger partial charge >= 0.3 is 5.97 Å². The lowest BCUT2D eigenvalue weighted by molar-refractivity contribution is -0.384. The highest BCUT2D eigenvalue weighted by Gasteiger charge is 2.46. The number of ketones is 1. The lowest BCUT2D eigenvalue weighted by Gasteiger charge is -2.25. The fourth-order valence-corrected chi connectivity index (χ4v) is 3.53. The largest absolute Gasteiger partial charge is 0.507 e. The lowest BCUT2D eigenvalue weighted by atomic mass is 9.94. The molecule has 160 valence electrons. The first-order chi connectivity index (χ1) is 14.7. The molecule has 0 saturated carbocycles. The van der Waals surface area contributed by atoms with Crippen molar-refractivity contribution in [3.8, 4) is 0 Å². The van der Waals surface area contributed by atoms with E-state index >= 15 is 0 Å². The van der Waals surface area contributed by atoms with Crippen LogP contribution in [0.1, 0.15) is 35.6 Å². The Kier molecular flexibility index (Phi) is 6.15. The van der Waals surface area contributed by atoms with E-state index in [9.17, 15) is 29.6 Å². The summed E-state index contributed by atoms with van der Waals surface area (Å²) in [7, 11) is 0. The van der Waals surface area contributed by atoms with Crippen LogP contribution >= 0.6 is 0 Å². The van der Waals surface area contributed by atoms with Gasteiger partial charge < -0.3 is 15.1 Å². The summed E-state index contributed by atoms with van der Waals surface area (Å²) in [5.74, 6) is -3.26. The van der Waals surface area contributed by atoms with Crippen LogP contribution in [0.3, 0.4) is 0 Å². The number of hydrogen-bond acceptors (Lipinski definition) is 6. The van der Waals surface area contributed by atoms with Gasteiger partial charge in [-0.3, -0.25) is 24.5 Å². The summed E-state index contributed by atoms with van der Waals surface area (Å²) in [4.78, 5) is 48.2. The molecule has 1 aliphatic heterocycles. The molecular weight excluding hydrogens is 404 g/mol. The Labute approximate surface area is 177 Å². The number of nitro benzene ring substituents is 1. The number of aliphatic hydroxyl groups excluding tert-OH is 1. The molecule has 1 saturated heterocycles. The summed E-state index contributed by atoms with van der Waals surface area (Å²) in [6.45, 7) is 1.79. The number of hydrogen-bond donors (Lipinski definition) is 2. The zero-order valence-corrected chi connectivity index (χ0v) is 16.6. The fourth-order valence-electron chi connectivity index (χ4n) is 3.53. The average molecular weight is 424 g/mol. The van der Waals surface area contributed by atoms with Gasteiger partial charge in [-0.2, -0.15) is 0 Å². The number of nitrogens with zero attached hydrogens (tertiary/aromatic N) is 2. The molecule has 2 aromatic rings. The number of benzene rings is 2. The van der Waals surface area contributed by atoms with Crippen LogP contribution in [0.5, 0.6) is 0 Å². The molecule has 0 radical (unpaired) electrons. The van der Waals surface area contributed by atoms with Crippen LogP contribution in [0.4, 0.5) is 5.69 Å². The zero-order chi connectivity index (χ0) is 22.7. The maximum absolute atomic E-state index is 12.8. The number of carbonyl (C=O) groups is 3. The predicted octanol–water partition coefficient (Wildman–Crippen LogP) is 3.19. The number of aliphatic hydroxyl groups is 1. The van der Waals surface area contributed by atoms with E-state index in [4.69, 9.17) is 5.11 Å². The number of carbonyl (C=O) groups excluding carboxylic acids is 2. The number of nitro groups is 1. The number of carboxylic acids is 1. The first-order valence-electron chi connectivity index (χ1n) is 9.52. The number of amides is 1. The van der Waals surface area contributed by atoms with Crippen LogP contribution < -0.4 is 0 Å². The standard InChI is InChI=1S/C22H20N2O7/c1-13-7-9-14(10-8-13)20(27)18-19(15-4-2-5-16(12-15)24(30)31)23(22(29)21(18)28)11-3-6-17(25)26/h2,4-5,7-10,12,19,27H,3,6,11H2,1H3,(H,25,26)/b20-18+/t19-/m0/s1. The first kappa shape index (κ1) is 21.7. The zero-order valence-electron chi connectivity index (χ0n) is 16.6. The molecule has 0 unspecified atom stereocenters. The SMILES string of the molecule is Cc1ccc(/C(O)=C2\C(=O)C(=O)N(CCCC(=O)O)[C@H]2c2cccc([N+](=O)[O-])c2)cc1. The van der Waals surface area contributed by atoms with Crippen molar-refractivity contribution in [3.63, 3.8) is 0 Å². The number of Topliss-reactive ketones (excluding diaryl/α,β-unsaturated/α-hetero) is 1. The van der Waals surface area contributed by atoms with Crippen molar-refractivity contribution in [1.82, 2.24) is 4.90 Å². The maximum atomic E-state index is 12.8. The van der Waals surface area contributed by atoms with Crippen LogP contribution in [0.15, 0.2) is 54.1 Å². The highest BCUT2D eigenvalue weighted by atomic mass is 16.6. The molecule has 0 aliphatic carbocycles. The Morgan fingerprint density at radius 1 is 1.13 bits per heavy atom. The second-order valence-corrected chi connectivity index (χ2v) is 7.21. The minimum Gasteiger partial charge on any atom is -0.507 e. The van der Waals surface area contributed by atoms with Crippen molar-refractivity contribution in [1.29, 1.82) is 0 Å². The molecule has 1 amide bonds. The van der Waals surface area contributed by atoms with Gasteiger partial charge in [0, 0.05) is 30.7 Å². The molecule has 0 bridgehead atoms. The smallest absolute Gasteiger partial charge is 0.303 e. The monoisotopic (exact) mass is 424 g/mol. The van der Waals surface area contributed by atoms with Gasteiger partial charge in [0.2, 0.25) is 0 Å². The first-order valence-corrected chi connectivity index (χ1v) is 9.52. The molecule has 2 N–H and O–H groups in total. The maximum Gasteiger partial charge on any atom is 0.303 e. The Balaban J connectivity index is 2.14. The number of likely N-dealkylation sites (tertiary alicyclic amines) is 1. The van der Waals surface area contributed by atoms with Crippen molar-refractivity contribution in [2.24, 2.45) is 0 Å². The van der Waals surface area contributed by atoms with Crippen molar-refractivity contribution in [3.05, 3.63) is 80.9 Å². The lowest BCUT2D eigenvalue weighted by Crippen LogP contribution is -2.31. The van der Waals surface area contributed by atoms with E-state index in [1.54, 1.807) is 24.3 Å². The van der Waals surface area contributed by atoms with Gasteiger partial charge in [-0.15, -0.1) is 0 Å². The third-order valence-corrected chi connectivity index (χ3v) is 5.05. The van der Waals surface area contributed by atoms with Gasteiger partial charge in [-0.25, -0.2) is 0 Å². The van der Waals surface area contributed by atoms with Crippen LogP contribution in [-0.4, -0.2) is 44.2 Å². The van der Waals surface area contributed by atoms with Crippen LogP contribution in [-0.2, 0) is 14.4 Å². The Hall–Kier alpha value is -4.01. The predicted molar refractivity (Wildman–Crippen MR) is 110 cm³/mol. The second kappa shape index (κ2) is 8.78. The molecule has 0 aromatic heterocycles. The van der Waals surface area contributed by atoms with Gasteiger partial charge in [-0.1, -0.05) is 42.0 Å². The van der Waals surface area contributed by atoms with E-state index in [0.717, 1.165) is 10.5 Å². The Morgan fingerprint density at radius 2 is 1.81 bits per heavy atom. The molecule has 0 spiro atoms. The van der Waals surface area contributed by atoms with Crippen molar-refractivity contribution in [2.75, 3.05) is 6.54 Å². The van der Waals surface area contributed by atoms with Crippen LogP contribution in [0.2, 0.25) is 0 Å². The summed E-state index contributed by atoms with van der Waals surface area (Å²) in [6, 6.07) is 11.1. The minimum absolute atomic E-state index is 0.0606. The molecule has 9 heteroatoms. The van der Waals surface area contributed by atoms with Gasteiger partial charge in [-0.05, 0) is 18.9 Å². The number of non-ortho nitro benzene ring substituents is 1. The number of aryl methyl sites for hydroxylation is 1. The van der Waals surface area contributed by atoms with Crippen molar-refractivity contribution < 1.29 is 29.5 Å². The molecular formula is C22H20N2O7. The molecule has 1 atom stereocenters. The Morgan fingerprint density at radius 3 is 2.42 bits per heavy atom. The van der Waals surface area contributed by atoms with E-state index in [1.165, 1.54) is 24.3 Å². The molecule has 3 rings (SSSR count). The summed E-state index contributed by atoms with van der Waals surface area (Å²) >= 11 is 0. The molecule has 31 heavy (non-hydrogen) atoms. The summed E-state index contributed by atoms with van der Waals surface area (Å²) < 4.78 is 0. The van der Waals surface area contributed by atoms with Gasteiger partial charge in [0.25, 0.3) is 17.4 Å². The molecule has 1 fully saturated rings. The summed E-state index contributed by atoms with van der Waals surface area (Å²) in [5, 5.41) is 31.0. The fraction of sp³-hybridized carbons (Fsp3) is 0.227. The molecule has 9 nitrogen and oxygen atoms in total. The topological polar surface area (TPSA) is 138 Å². The second-order valence-electron chi connectivity index (χ2n) is 7.21. The third-order valence-electron chi connectivity index (χ3n) is 5.05. The Bertz CT molecular complexity index is 1090. The molecule has 1 aliphatic rings. The normalized spacial score (nSPS) is 17.7. The van der Waals surface area contributed by atoms with Crippen molar-refractivity contribution in [2.45, 2.75) is 25.8 Å². The average Bonchev–Trinajstić information content (AvgIpc) is 2.98. The van der Waals surface area contributed by atoms with E-state index in [2.05, 4.69) is 0 Å². The summed E-state index contributed by atoms with van der Waals surface area (Å²) in [6.07, 6.45) is -0.138. The summed E-state index contributed by atoms with van der Waals surface area (Å²) in [5.41, 5.74) is 1.11. The van der Waals surface area contributed by atoms with Gasteiger partial charge in [0.05, 0.1) is 16.5 Å². The number of rotatable bonds is 7. The quantitative estimate of drug-likeness (QED) is 0.229. The van der Waals surface area contributed by atoms with E-state index in [-0.39, 0.29) is 36.2 Å². The number of aliphatic carboxylic acids is 1. The van der Waals surface area contributed by atoms with Crippen LogP contribution in [0.25, 0.3) is 5.76 Å². The number of carboxylic acid groups (broad SMARTS) is 1. The van der Waals surface area contributed by atoms with E-state index in [0.29, 0.717) is 5.56 Å². The van der Waals surface area contributed by atoms with Crippen molar-refractivity contribution >= 4 is 29.1 Å². The molecule has 1 heterocycles. The van der Waals surface area contributed by atoms with Gasteiger partial charge in [0.1, 0.15) is 5.76 Å². The minimum atomic E-state index is -1.07. The van der Waals surface area contributed by atoms with E-state index in [1.807, 2.05) is 6.92 Å². The molecule has 2 aromatic carbocycles. The van der Waals surface area contributed by atoms with E-state index < -0.39 is 34.4 Å².